The Balaban J connectivity index is 2.35. The summed E-state index contributed by atoms with van der Waals surface area (Å²) in [6.07, 6.45) is 2.46. The van der Waals surface area contributed by atoms with Crippen LogP contribution in [0.1, 0.15) is 32.6 Å². The van der Waals surface area contributed by atoms with E-state index in [1.54, 1.807) is 0 Å². The van der Waals surface area contributed by atoms with Gasteiger partial charge >= 0.3 is 0 Å². The number of rotatable bonds is 4. The largest absolute Gasteiger partial charge is 0.382 e. The van der Waals surface area contributed by atoms with E-state index < -0.39 is 0 Å². The van der Waals surface area contributed by atoms with Gasteiger partial charge in [0.1, 0.15) is 11.6 Å². The molecular formula is C10H16O3. The molecule has 1 rings (SSSR count). The lowest BCUT2D eigenvalue weighted by atomic mass is 9.85. The zero-order valence-electron chi connectivity index (χ0n) is 8.04. The van der Waals surface area contributed by atoms with Crippen LogP contribution in [0.15, 0.2) is 0 Å². The van der Waals surface area contributed by atoms with Crippen molar-refractivity contribution in [2.75, 3.05) is 13.2 Å². The summed E-state index contributed by atoms with van der Waals surface area (Å²) < 4.78 is 5.13. The third kappa shape index (κ3) is 2.92. The van der Waals surface area contributed by atoms with Crippen LogP contribution in [0.5, 0.6) is 0 Å². The maximum Gasteiger partial charge on any atom is 0.143 e. The predicted octanol–water partition coefficient (Wildman–Crippen LogP) is 1.35. The minimum Gasteiger partial charge on any atom is -0.382 e. The molecule has 3 heteroatoms. The quantitative estimate of drug-likeness (QED) is 0.489. The number of hydrogen-bond donors (Lipinski definition) is 0. The molecule has 0 aromatic carbocycles. The molecule has 0 aliphatic heterocycles. The molecular weight excluding hydrogens is 168 g/mol. The molecule has 1 aliphatic carbocycles. The van der Waals surface area contributed by atoms with Crippen LogP contribution in [0.3, 0.4) is 0 Å². The normalized spacial score (nSPS) is 19.5. The first-order valence-electron chi connectivity index (χ1n) is 4.89. The molecule has 0 unspecified atom stereocenters. The van der Waals surface area contributed by atoms with E-state index in [4.69, 9.17) is 4.74 Å². The van der Waals surface area contributed by atoms with Crippen LogP contribution in [-0.2, 0) is 14.3 Å². The Bertz CT molecular complexity index is 182. The zero-order chi connectivity index (χ0) is 9.68. The predicted molar refractivity (Wildman–Crippen MR) is 48.5 cm³/mol. The van der Waals surface area contributed by atoms with Gasteiger partial charge < -0.3 is 4.74 Å². The highest BCUT2D eigenvalue weighted by molar-refractivity contribution is 6.04. The minimum atomic E-state index is -0.361. The van der Waals surface area contributed by atoms with Gasteiger partial charge in [0.05, 0.1) is 5.92 Å². The van der Waals surface area contributed by atoms with Crippen molar-refractivity contribution in [2.24, 2.45) is 5.92 Å². The van der Waals surface area contributed by atoms with Gasteiger partial charge in [-0.15, -0.1) is 0 Å². The lowest BCUT2D eigenvalue weighted by molar-refractivity contribution is -0.136. The fourth-order valence-corrected chi connectivity index (χ4v) is 1.63. The van der Waals surface area contributed by atoms with Gasteiger partial charge in [0.15, 0.2) is 0 Å². The fourth-order valence-electron chi connectivity index (χ4n) is 1.63. The molecule has 0 bridgehead atoms. The van der Waals surface area contributed by atoms with Crippen molar-refractivity contribution < 1.29 is 14.3 Å². The fraction of sp³-hybridized carbons (Fsp3) is 0.800. The average Bonchev–Trinajstić information content (AvgIpc) is 2.10. The van der Waals surface area contributed by atoms with Gasteiger partial charge in [0.2, 0.25) is 0 Å². The minimum absolute atomic E-state index is 0.107. The smallest absolute Gasteiger partial charge is 0.143 e. The van der Waals surface area contributed by atoms with Crippen LogP contribution in [0, 0.1) is 5.92 Å². The number of carbonyl (C=O) groups excluding carboxylic acids is 2. The molecule has 3 nitrogen and oxygen atoms in total. The summed E-state index contributed by atoms with van der Waals surface area (Å²) in [4.78, 5) is 22.6. The SMILES string of the molecule is CCOCCC1C(=O)CCCC1=O. The van der Waals surface area contributed by atoms with E-state index in [1.807, 2.05) is 6.92 Å². The summed E-state index contributed by atoms with van der Waals surface area (Å²) in [6, 6.07) is 0. The average molecular weight is 184 g/mol. The monoisotopic (exact) mass is 184 g/mol. The van der Waals surface area contributed by atoms with Crippen LogP contribution in [0.4, 0.5) is 0 Å². The Kier molecular flexibility index (Phi) is 4.09. The summed E-state index contributed by atoms with van der Waals surface area (Å²) in [7, 11) is 0. The van der Waals surface area contributed by atoms with E-state index in [0.29, 0.717) is 32.5 Å². The molecule has 13 heavy (non-hydrogen) atoms. The molecule has 0 atom stereocenters. The first-order valence-corrected chi connectivity index (χ1v) is 4.89. The number of hydrogen-bond acceptors (Lipinski definition) is 3. The van der Waals surface area contributed by atoms with Crippen molar-refractivity contribution in [3.8, 4) is 0 Å². The Morgan fingerprint density at radius 1 is 1.31 bits per heavy atom. The van der Waals surface area contributed by atoms with Crippen LogP contribution < -0.4 is 0 Å². The van der Waals surface area contributed by atoms with Crippen LogP contribution in [0.25, 0.3) is 0 Å². The third-order valence-electron chi connectivity index (χ3n) is 2.38. The summed E-state index contributed by atoms with van der Waals surface area (Å²) in [6.45, 7) is 3.08. The molecule has 0 N–H and O–H groups in total. The Hall–Kier alpha value is -0.700. The van der Waals surface area contributed by atoms with Gasteiger partial charge in [-0.05, 0) is 19.8 Å². The molecule has 0 amide bonds. The second kappa shape index (κ2) is 5.12. The Morgan fingerprint density at radius 2 is 1.92 bits per heavy atom. The first kappa shape index (κ1) is 10.4. The third-order valence-corrected chi connectivity index (χ3v) is 2.38. The zero-order valence-corrected chi connectivity index (χ0v) is 8.04. The Morgan fingerprint density at radius 3 is 2.46 bits per heavy atom. The van der Waals surface area contributed by atoms with Gasteiger partial charge in [-0.1, -0.05) is 0 Å². The van der Waals surface area contributed by atoms with Crippen molar-refractivity contribution in [2.45, 2.75) is 32.6 Å². The van der Waals surface area contributed by atoms with Crippen molar-refractivity contribution >= 4 is 11.6 Å². The molecule has 0 radical (unpaired) electrons. The highest BCUT2D eigenvalue weighted by Gasteiger charge is 2.29. The van der Waals surface area contributed by atoms with Crippen molar-refractivity contribution in [3.05, 3.63) is 0 Å². The topological polar surface area (TPSA) is 43.4 Å². The number of carbonyl (C=O) groups is 2. The van der Waals surface area contributed by atoms with Gasteiger partial charge in [-0.25, -0.2) is 0 Å². The highest BCUT2D eigenvalue weighted by Crippen LogP contribution is 2.20. The second-order valence-electron chi connectivity index (χ2n) is 3.32. The summed E-state index contributed by atoms with van der Waals surface area (Å²) in [5, 5.41) is 0. The molecule has 1 fully saturated rings. The lowest BCUT2D eigenvalue weighted by Crippen LogP contribution is -2.29. The van der Waals surface area contributed by atoms with E-state index >= 15 is 0 Å². The molecule has 0 aromatic heterocycles. The lowest BCUT2D eigenvalue weighted by Gasteiger charge is -2.18. The number of ketones is 2. The summed E-state index contributed by atoms with van der Waals surface area (Å²) >= 11 is 0. The van der Waals surface area contributed by atoms with Gasteiger partial charge in [-0.2, -0.15) is 0 Å². The van der Waals surface area contributed by atoms with Crippen LogP contribution in [0.2, 0.25) is 0 Å². The molecule has 1 aliphatic rings. The van der Waals surface area contributed by atoms with E-state index in [1.165, 1.54) is 0 Å². The van der Waals surface area contributed by atoms with Crippen LogP contribution >= 0.6 is 0 Å². The first-order chi connectivity index (χ1) is 6.25. The van der Waals surface area contributed by atoms with Crippen molar-refractivity contribution in [1.82, 2.24) is 0 Å². The van der Waals surface area contributed by atoms with Gasteiger partial charge in [0, 0.05) is 26.1 Å². The Labute approximate surface area is 78.5 Å². The molecule has 0 heterocycles. The van der Waals surface area contributed by atoms with E-state index in [2.05, 4.69) is 0 Å². The molecule has 1 saturated carbocycles. The molecule has 0 aromatic rings. The standard InChI is InChI=1S/C10H16O3/c1-2-13-7-6-8-9(11)4-3-5-10(8)12/h8H,2-7H2,1H3. The maximum absolute atomic E-state index is 11.3. The number of ether oxygens (including phenoxy) is 1. The van der Waals surface area contributed by atoms with E-state index in [0.717, 1.165) is 6.42 Å². The summed E-state index contributed by atoms with van der Waals surface area (Å²) in [5.41, 5.74) is 0. The van der Waals surface area contributed by atoms with Crippen molar-refractivity contribution in [1.29, 1.82) is 0 Å². The van der Waals surface area contributed by atoms with E-state index in [-0.39, 0.29) is 17.5 Å². The van der Waals surface area contributed by atoms with Gasteiger partial charge in [0.25, 0.3) is 0 Å². The van der Waals surface area contributed by atoms with Crippen molar-refractivity contribution in [3.63, 3.8) is 0 Å². The highest BCUT2D eigenvalue weighted by atomic mass is 16.5. The number of Topliss-reactive ketones (excluding diaryl/α,β-unsaturated/α-hetero) is 2. The maximum atomic E-state index is 11.3. The second-order valence-corrected chi connectivity index (χ2v) is 3.32. The molecule has 0 saturated heterocycles. The summed E-state index contributed by atoms with van der Waals surface area (Å²) in [5.74, 6) is -0.146. The molecule has 74 valence electrons. The van der Waals surface area contributed by atoms with Gasteiger partial charge in [-0.3, -0.25) is 9.59 Å². The van der Waals surface area contributed by atoms with Crippen LogP contribution in [-0.4, -0.2) is 24.8 Å². The van der Waals surface area contributed by atoms with E-state index in [9.17, 15) is 9.59 Å². The molecule has 0 spiro atoms.